The summed E-state index contributed by atoms with van der Waals surface area (Å²) in [5.41, 5.74) is 0.379. The minimum atomic E-state index is -0.0498. The van der Waals surface area contributed by atoms with Crippen LogP contribution in [0.3, 0.4) is 0 Å². The SMILES string of the molecule is CNC(C)C(=O)N1CCC(C(C)(C)C)CC1. The third-order valence-electron chi connectivity index (χ3n) is 3.83. The molecule has 1 N–H and O–H groups in total. The predicted molar refractivity (Wildman–Crippen MR) is 67.3 cm³/mol. The van der Waals surface area contributed by atoms with Gasteiger partial charge in [0.05, 0.1) is 6.04 Å². The summed E-state index contributed by atoms with van der Waals surface area (Å²) in [6, 6.07) is -0.0498. The molecule has 0 aromatic rings. The van der Waals surface area contributed by atoms with Crippen LogP contribution in [0.2, 0.25) is 0 Å². The van der Waals surface area contributed by atoms with E-state index in [4.69, 9.17) is 0 Å². The molecule has 0 radical (unpaired) electrons. The van der Waals surface area contributed by atoms with Gasteiger partial charge in [-0.15, -0.1) is 0 Å². The number of likely N-dealkylation sites (N-methyl/N-ethyl adjacent to an activating group) is 1. The average molecular weight is 226 g/mol. The number of likely N-dealkylation sites (tertiary alicyclic amines) is 1. The van der Waals surface area contributed by atoms with Crippen LogP contribution in [0.15, 0.2) is 0 Å². The number of piperidine rings is 1. The zero-order valence-electron chi connectivity index (χ0n) is 11.3. The average Bonchev–Trinajstić information content (AvgIpc) is 2.26. The smallest absolute Gasteiger partial charge is 0.239 e. The van der Waals surface area contributed by atoms with Crippen molar-refractivity contribution in [2.24, 2.45) is 11.3 Å². The van der Waals surface area contributed by atoms with Gasteiger partial charge in [0.25, 0.3) is 0 Å². The summed E-state index contributed by atoms with van der Waals surface area (Å²) in [4.78, 5) is 14.0. The van der Waals surface area contributed by atoms with Crippen LogP contribution in [-0.2, 0) is 4.79 Å². The Labute approximate surface area is 99.6 Å². The Hall–Kier alpha value is -0.570. The molecule has 1 heterocycles. The molecule has 1 saturated heterocycles. The maximum absolute atomic E-state index is 11.9. The minimum Gasteiger partial charge on any atom is -0.341 e. The molecule has 1 aliphatic heterocycles. The predicted octanol–water partition coefficient (Wildman–Crippen LogP) is 1.88. The molecule has 0 aromatic heterocycles. The Balaban J connectivity index is 2.46. The van der Waals surface area contributed by atoms with Crippen LogP contribution in [0.1, 0.15) is 40.5 Å². The van der Waals surface area contributed by atoms with Crippen molar-refractivity contribution in [2.75, 3.05) is 20.1 Å². The van der Waals surface area contributed by atoms with Gasteiger partial charge in [0.15, 0.2) is 0 Å². The Kier molecular flexibility index (Phi) is 4.36. The Bertz CT molecular complexity index is 237. The molecular weight excluding hydrogens is 200 g/mol. The zero-order valence-corrected chi connectivity index (χ0v) is 11.3. The van der Waals surface area contributed by atoms with E-state index in [-0.39, 0.29) is 11.9 Å². The number of nitrogens with zero attached hydrogens (tertiary/aromatic N) is 1. The number of amides is 1. The Morgan fingerprint density at radius 2 is 1.81 bits per heavy atom. The summed E-state index contributed by atoms with van der Waals surface area (Å²) in [5.74, 6) is 0.997. The second kappa shape index (κ2) is 5.17. The zero-order chi connectivity index (χ0) is 12.3. The van der Waals surface area contributed by atoms with E-state index >= 15 is 0 Å². The molecule has 94 valence electrons. The van der Waals surface area contributed by atoms with Gasteiger partial charge < -0.3 is 10.2 Å². The summed E-state index contributed by atoms with van der Waals surface area (Å²) in [6.07, 6.45) is 2.29. The highest BCUT2D eigenvalue weighted by molar-refractivity contribution is 5.81. The molecule has 0 aliphatic carbocycles. The van der Waals surface area contributed by atoms with E-state index in [2.05, 4.69) is 26.1 Å². The molecule has 1 fully saturated rings. The number of rotatable bonds is 2. The van der Waals surface area contributed by atoms with E-state index in [1.54, 1.807) is 0 Å². The monoisotopic (exact) mass is 226 g/mol. The summed E-state index contributed by atoms with van der Waals surface area (Å²) in [5, 5.41) is 3.01. The van der Waals surface area contributed by atoms with E-state index in [0.29, 0.717) is 5.41 Å². The van der Waals surface area contributed by atoms with E-state index in [1.165, 1.54) is 0 Å². The third kappa shape index (κ3) is 3.21. The molecule has 0 aromatic carbocycles. The first kappa shape index (κ1) is 13.5. The van der Waals surface area contributed by atoms with Gasteiger partial charge in [0, 0.05) is 13.1 Å². The largest absolute Gasteiger partial charge is 0.341 e. The van der Waals surface area contributed by atoms with E-state index in [1.807, 2.05) is 18.9 Å². The standard InChI is InChI=1S/C13H26N2O/c1-10(14-5)12(16)15-8-6-11(7-9-15)13(2,3)4/h10-11,14H,6-9H2,1-5H3. The lowest BCUT2D eigenvalue weighted by Crippen LogP contribution is -2.48. The third-order valence-corrected chi connectivity index (χ3v) is 3.83. The molecule has 0 spiro atoms. The molecule has 1 amide bonds. The van der Waals surface area contributed by atoms with Crippen molar-refractivity contribution in [1.29, 1.82) is 0 Å². The summed E-state index contributed by atoms with van der Waals surface area (Å²) < 4.78 is 0. The van der Waals surface area contributed by atoms with E-state index < -0.39 is 0 Å². The van der Waals surface area contributed by atoms with Crippen molar-refractivity contribution in [3.8, 4) is 0 Å². The molecule has 1 rings (SSSR count). The van der Waals surface area contributed by atoms with E-state index in [9.17, 15) is 4.79 Å². The lowest BCUT2D eigenvalue weighted by molar-refractivity contribution is -0.134. The minimum absolute atomic E-state index is 0.0498. The summed E-state index contributed by atoms with van der Waals surface area (Å²) >= 11 is 0. The molecule has 0 saturated carbocycles. The second-order valence-electron chi connectivity index (χ2n) is 5.98. The highest BCUT2D eigenvalue weighted by Gasteiger charge is 2.31. The number of nitrogens with one attached hydrogen (secondary N) is 1. The van der Waals surface area contributed by atoms with Crippen LogP contribution in [0.25, 0.3) is 0 Å². The van der Waals surface area contributed by atoms with Gasteiger partial charge in [0.1, 0.15) is 0 Å². The van der Waals surface area contributed by atoms with Crippen molar-refractivity contribution in [3.05, 3.63) is 0 Å². The van der Waals surface area contributed by atoms with Crippen LogP contribution in [0, 0.1) is 11.3 Å². The fraction of sp³-hybridized carbons (Fsp3) is 0.923. The first-order chi connectivity index (χ1) is 7.36. The van der Waals surface area contributed by atoms with Crippen molar-refractivity contribution < 1.29 is 4.79 Å². The van der Waals surface area contributed by atoms with Crippen LogP contribution < -0.4 is 5.32 Å². The Morgan fingerprint density at radius 1 is 1.31 bits per heavy atom. The van der Waals surface area contributed by atoms with Crippen LogP contribution in [-0.4, -0.2) is 37.0 Å². The van der Waals surface area contributed by atoms with E-state index in [0.717, 1.165) is 31.8 Å². The molecule has 1 unspecified atom stereocenters. The Morgan fingerprint density at radius 3 is 2.19 bits per heavy atom. The molecule has 1 atom stereocenters. The first-order valence-corrected chi connectivity index (χ1v) is 6.32. The highest BCUT2D eigenvalue weighted by Crippen LogP contribution is 2.34. The van der Waals surface area contributed by atoms with Crippen molar-refractivity contribution in [1.82, 2.24) is 10.2 Å². The first-order valence-electron chi connectivity index (χ1n) is 6.32. The number of carbonyl (C=O) groups is 1. The van der Waals surface area contributed by atoms with Crippen LogP contribution in [0.4, 0.5) is 0 Å². The van der Waals surface area contributed by atoms with Crippen LogP contribution in [0.5, 0.6) is 0 Å². The quantitative estimate of drug-likeness (QED) is 0.779. The molecule has 0 bridgehead atoms. The normalized spacial score (nSPS) is 20.9. The van der Waals surface area contributed by atoms with Gasteiger partial charge in [-0.1, -0.05) is 20.8 Å². The van der Waals surface area contributed by atoms with Crippen molar-refractivity contribution in [2.45, 2.75) is 46.6 Å². The summed E-state index contributed by atoms with van der Waals surface area (Å²) in [7, 11) is 1.84. The maximum Gasteiger partial charge on any atom is 0.239 e. The molecular formula is C13H26N2O. The molecule has 3 heteroatoms. The lowest BCUT2D eigenvalue weighted by Gasteiger charge is -2.39. The van der Waals surface area contributed by atoms with Crippen molar-refractivity contribution >= 4 is 5.91 Å². The second-order valence-corrected chi connectivity index (χ2v) is 5.98. The number of hydrogen-bond donors (Lipinski definition) is 1. The lowest BCUT2D eigenvalue weighted by atomic mass is 9.75. The molecule has 16 heavy (non-hydrogen) atoms. The van der Waals surface area contributed by atoms with Gasteiger partial charge >= 0.3 is 0 Å². The van der Waals surface area contributed by atoms with Gasteiger partial charge in [-0.3, -0.25) is 4.79 Å². The fourth-order valence-corrected chi connectivity index (χ4v) is 2.36. The topological polar surface area (TPSA) is 32.3 Å². The number of hydrogen-bond acceptors (Lipinski definition) is 2. The van der Waals surface area contributed by atoms with Crippen molar-refractivity contribution in [3.63, 3.8) is 0 Å². The van der Waals surface area contributed by atoms with Gasteiger partial charge in [-0.05, 0) is 38.1 Å². The summed E-state index contributed by atoms with van der Waals surface area (Å²) in [6.45, 7) is 10.7. The molecule has 3 nitrogen and oxygen atoms in total. The number of carbonyl (C=O) groups excluding carboxylic acids is 1. The highest BCUT2D eigenvalue weighted by atomic mass is 16.2. The maximum atomic E-state index is 11.9. The van der Waals surface area contributed by atoms with Gasteiger partial charge in [0.2, 0.25) is 5.91 Å². The van der Waals surface area contributed by atoms with Crippen LogP contribution >= 0.6 is 0 Å². The molecule has 1 aliphatic rings. The van der Waals surface area contributed by atoms with Gasteiger partial charge in [-0.25, -0.2) is 0 Å². The fourth-order valence-electron chi connectivity index (χ4n) is 2.36. The van der Waals surface area contributed by atoms with Gasteiger partial charge in [-0.2, -0.15) is 0 Å².